The van der Waals surface area contributed by atoms with E-state index in [-0.39, 0.29) is 17.6 Å². The van der Waals surface area contributed by atoms with Gasteiger partial charge in [-0.05, 0) is 58.4 Å². The zero-order chi connectivity index (χ0) is 11.1. The molecule has 2 rings (SSSR count). The quantitative estimate of drug-likeness (QED) is 0.671. The molecule has 86 valence electrons. The van der Waals surface area contributed by atoms with Gasteiger partial charge < -0.3 is 10.1 Å². The van der Waals surface area contributed by atoms with E-state index >= 15 is 0 Å². The summed E-state index contributed by atoms with van der Waals surface area (Å²) in [6.07, 6.45) is 3.66. The van der Waals surface area contributed by atoms with E-state index in [1.165, 1.54) is 19.3 Å². The molecule has 1 heterocycles. The molecule has 0 unspecified atom stereocenters. The van der Waals surface area contributed by atoms with Gasteiger partial charge in [0.2, 0.25) is 0 Å². The third-order valence-electron chi connectivity index (χ3n) is 3.34. The highest BCUT2D eigenvalue weighted by Crippen LogP contribution is 2.36. The van der Waals surface area contributed by atoms with Crippen LogP contribution in [0.2, 0.25) is 0 Å². The fourth-order valence-corrected chi connectivity index (χ4v) is 2.70. The van der Waals surface area contributed by atoms with Crippen LogP contribution in [0, 0.1) is 11.8 Å². The van der Waals surface area contributed by atoms with E-state index in [9.17, 15) is 4.79 Å². The van der Waals surface area contributed by atoms with Crippen LogP contribution in [0.15, 0.2) is 0 Å². The Morgan fingerprint density at radius 1 is 1.33 bits per heavy atom. The highest BCUT2D eigenvalue weighted by Gasteiger charge is 2.40. The maximum Gasteiger partial charge on any atom is 0.323 e. The van der Waals surface area contributed by atoms with Gasteiger partial charge in [0.25, 0.3) is 0 Å². The first-order valence-electron chi connectivity index (χ1n) is 5.92. The summed E-state index contributed by atoms with van der Waals surface area (Å²) >= 11 is 0. The van der Waals surface area contributed by atoms with Gasteiger partial charge in [0.1, 0.15) is 11.6 Å². The highest BCUT2D eigenvalue weighted by atomic mass is 16.6. The van der Waals surface area contributed by atoms with Crippen LogP contribution in [0.5, 0.6) is 0 Å². The van der Waals surface area contributed by atoms with Crippen LogP contribution in [0.3, 0.4) is 0 Å². The molecule has 0 aromatic rings. The van der Waals surface area contributed by atoms with Crippen LogP contribution in [-0.2, 0) is 9.53 Å². The van der Waals surface area contributed by atoms with Crippen molar-refractivity contribution >= 4 is 5.97 Å². The van der Waals surface area contributed by atoms with Crippen molar-refractivity contribution < 1.29 is 9.53 Å². The van der Waals surface area contributed by atoms with E-state index in [1.54, 1.807) is 0 Å². The third kappa shape index (κ3) is 2.51. The number of carbonyl (C=O) groups excluding carboxylic acids is 1. The number of esters is 1. The van der Waals surface area contributed by atoms with Crippen molar-refractivity contribution in [3.05, 3.63) is 0 Å². The molecule has 3 nitrogen and oxygen atoms in total. The Labute approximate surface area is 91.6 Å². The molecule has 1 N–H and O–H groups in total. The Balaban J connectivity index is 1.95. The van der Waals surface area contributed by atoms with Crippen molar-refractivity contribution in [3.63, 3.8) is 0 Å². The van der Waals surface area contributed by atoms with Crippen LogP contribution >= 0.6 is 0 Å². The fraction of sp³-hybridized carbons (Fsp3) is 0.917. The molecule has 1 saturated heterocycles. The smallest absolute Gasteiger partial charge is 0.323 e. The summed E-state index contributed by atoms with van der Waals surface area (Å²) in [5, 5.41) is 3.33. The summed E-state index contributed by atoms with van der Waals surface area (Å²) in [5.74, 6) is 1.25. The number of carbonyl (C=O) groups is 1. The minimum absolute atomic E-state index is 0.0528. The maximum absolute atomic E-state index is 11.9. The standard InChI is InChI=1S/C12H21NO2/c1-12(2,3)15-11(14)10-9-5-4-8(6-9)7-13-10/h8-10,13H,4-7H2,1-3H3/t8-,9+,10-/m1/s1. The molecule has 3 atom stereocenters. The molecule has 1 aliphatic heterocycles. The minimum Gasteiger partial charge on any atom is -0.459 e. The molecule has 0 spiro atoms. The number of rotatable bonds is 1. The lowest BCUT2D eigenvalue weighted by atomic mass is 9.92. The number of hydrogen-bond donors (Lipinski definition) is 1. The predicted molar refractivity (Wildman–Crippen MR) is 58.5 cm³/mol. The molecule has 3 heteroatoms. The summed E-state index contributed by atoms with van der Waals surface area (Å²) in [7, 11) is 0. The van der Waals surface area contributed by atoms with Crippen LogP contribution in [-0.4, -0.2) is 24.2 Å². The molecule has 1 aliphatic carbocycles. The maximum atomic E-state index is 11.9. The Kier molecular flexibility index (Phi) is 2.75. The summed E-state index contributed by atoms with van der Waals surface area (Å²) in [6, 6.07) is -0.0528. The van der Waals surface area contributed by atoms with E-state index < -0.39 is 0 Å². The largest absolute Gasteiger partial charge is 0.459 e. The van der Waals surface area contributed by atoms with Crippen LogP contribution < -0.4 is 5.32 Å². The Hall–Kier alpha value is -0.570. The predicted octanol–water partition coefficient (Wildman–Crippen LogP) is 1.72. The van der Waals surface area contributed by atoms with Crippen molar-refractivity contribution in [1.82, 2.24) is 5.32 Å². The molecule has 0 aromatic carbocycles. The normalized spacial score (nSPS) is 35.3. The lowest BCUT2D eigenvalue weighted by molar-refractivity contribution is -0.159. The number of hydrogen-bond acceptors (Lipinski definition) is 3. The fourth-order valence-electron chi connectivity index (χ4n) is 2.70. The molecular weight excluding hydrogens is 190 g/mol. The van der Waals surface area contributed by atoms with Gasteiger partial charge in [0.05, 0.1) is 0 Å². The van der Waals surface area contributed by atoms with Crippen molar-refractivity contribution in [2.75, 3.05) is 6.54 Å². The van der Waals surface area contributed by atoms with Crippen molar-refractivity contribution in [3.8, 4) is 0 Å². The zero-order valence-corrected chi connectivity index (χ0v) is 9.88. The molecule has 0 radical (unpaired) electrons. The van der Waals surface area contributed by atoms with Gasteiger partial charge in [0.15, 0.2) is 0 Å². The molecule has 0 aromatic heterocycles. The SMILES string of the molecule is CC(C)(C)OC(=O)[C@@H]1NC[C@@H]2CC[C@H]1C2. The topological polar surface area (TPSA) is 38.3 Å². The minimum atomic E-state index is -0.367. The highest BCUT2D eigenvalue weighted by molar-refractivity contribution is 5.76. The van der Waals surface area contributed by atoms with E-state index in [0.717, 1.165) is 12.5 Å². The molecule has 2 fully saturated rings. The van der Waals surface area contributed by atoms with Gasteiger partial charge >= 0.3 is 5.97 Å². The van der Waals surface area contributed by atoms with E-state index in [0.29, 0.717) is 5.92 Å². The first-order valence-corrected chi connectivity index (χ1v) is 5.92. The summed E-state index contributed by atoms with van der Waals surface area (Å²) in [5.41, 5.74) is -0.367. The molecule has 15 heavy (non-hydrogen) atoms. The van der Waals surface area contributed by atoms with E-state index in [2.05, 4.69) is 5.32 Å². The van der Waals surface area contributed by atoms with Gasteiger partial charge in [-0.15, -0.1) is 0 Å². The average molecular weight is 211 g/mol. The number of fused-ring (bicyclic) bond motifs is 2. The molecular formula is C12H21NO2. The second-order valence-electron chi connectivity index (χ2n) is 5.86. The zero-order valence-electron chi connectivity index (χ0n) is 9.88. The monoisotopic (exact) mass is 211 g/mol. The van der Waals surface area contributed by atoms with Gasteiger partial charge in [-0.25, -0.2) is 0 Å². The number of nitrogens with one attached hydrogen (secondary N) is 1. The van der Waals surface area contributed by atoms with Gasteiger partial charge in [-0.3, -0.25) is 4.79 Å². The van der Waals surface area contributed by atoms with E-state index in [1.807, 2.05) is 20.8 Å². The Morgan fingerprint density at radius 3 is 2.73 bits per heavy atom. The second-order valence-corrected chi connectivity index (χ2v) is 5.86. The summed E-state index contributed by atoms with van der Waals surface area (Å²) in [6.45, 7) is 6.75. The molecule has 2 aliphatic rings. The Morgan fingerprint density at radius 2 is 2.07 bits per heavy atom. The first-order chi connectivity index (χ1) is 6.96. The van der Waals surface area contributed by atoms with Crippen molar-refractivity contribution in [2.24, 2.45) is 11.8 Å². The molecule has 0 amide bonds. The van der Waals surface area contributed by atoms with Crippen LogP contribution in [0.25, 0.3) is 0 Å². The van der Waals surface area contributed by atoms with Crippen LogP contribution in [0.4, 0.5) is 0 Å². The molecule has 1 saturated carbocycles. The average Bonchev–Trinajstić information content (AvgIpc) is 2.45. The lowest BCUT2D eigenvalue weighted by Gasteiger charge is -2.31. The third-order valence-corrected chi connectivity index (χ3v) is 3.34. The first kappa shape index (κ1) is 10.9. The molecule has 2 bridgehead atoms. The van der Waals surface area contributed by atoms with E-state index in [4.69, 9.17) is 4.74 Å². The van der Waals surface area contributed by atoms with Gasteiger partial charge in [-0.2, -0.15) is 0 Å². The van der Waals surface area contributed by atoms with Crippen LogP contribution in [0.1, 0.15) is 40.0 Å². The van der Waals surface area contributed by atoms with Crippen molar-refractivity contribution in [2.45, 2.75) is 51.7 Å². The number of piperidine rings is 1. The lowest BCUT2D eigenvalue weighted by Crippen LogP contribution is -2.49. The summed E-state index contributed by atoms with van der Waals surface area (Å²) < 4.78 is 5.43. The summed E-state index contributed by atoms with van der Waals surface area (Å²) in [4.78, 5) is 11.9. The van der Waals surface area contributed by atoms with Gasteiger partial charge in [0, 0.05) is 0 Å². The van der Waals surface area contributed by atoms with Crippen molar-refractivity contribution in [1.29, 1.82) is 0 Å². The Bertz CT molecular complexity index is 257. The number of ether oxygens (including phenoxy) is 1. The van der Waals surface area contributed by atoms with Gasteiger partial charge in [-0.1, -0.05) is 0 Å². The second kappa shape index (κ2) is 3.78.